The van der Waals surface area contributed by atoms with E-state index in [1.165, 1.54) is 18.2 Å². The second-order valence-electron chi connectivity index (χ2n) is 10.3. The predicted molar refractivity (Wildman–Crippen MR) is 150 cm³/mol. The number of carbonyl (C=O) groups is 2. The van der Waals surface area contributed by atoms with Gasteiger partial charge < -0.3 is 14.8 Å². The first-order chi connectivity index (χ1) is 18.3. The van der Waals surface area contributed by atoms with Crippen LogP contribution in [0.15, 0.2) is 60.9 Å². The number of benzene rings is 1. The van der Waals surface area contributed by atoms with Crippen molar-refractivity contribution >= 4 is 28.7 Å². The maximum Gasteiger partial charge on any atom is 0.253 e. The summed E-state index contributed by atoms with van der Waals surface area (Å²) in [7, 11) is 5.64. The molecule has 0 unspecified atom stereocenters. The van der Waals surface area contributed by atoms with Crippen molar-refractivity contribution in [1.82, 2.24) is 24.3 Å². The molecule has 5 rings (SSSR count). The molecule has 0 saturated carbocycles. The minimum Gasteiger partial charge on any atom is -0.345 e. The third-order valence-corrected chi connectivity index (χ3v) is 7.42. The molecule has 0 spiro atoms. The molecule has 1 N–H and O–H groups in total. The fourth-order valence-electron chi connectivity index (χ4n) is 5.29. The van der Waals surface area contributed by atoms with Gasteiger partial charge in [0.1, 0.15) is 11.5 Å². The van der Waals surface area contributed by atoms with Gasteiger partial charge in [0.2, 0.25) is 5.91 Å². The first-order valence-electron chi connectivity index (χ1n) is 13.0. The Hall–Kier alpha value is -4.04. The average Bonchev–Trinajstić information content (AvgIpc) is 3.24. The number of anilines is 1. The molecule has 1 aromatic carbocycles. The molecule has 1 aliphatic rings. The van der Waals surface area contributed by atoms with Crippen molar-refractivity contribution in [3.05, 3.63) is 77.7 Å². The molecule has 38 heavy (non-hydrogen) atoms. The number of likely N-dealkylation sites (tertiary alicyclic amines) is 1. The normalized spacial score (nSPS) is 14.5. The number of aromatic nitrogens is 3. The van der Waals surface area contributed by atoms with E-state index in [1.54, 1.807) is 25.2 Å². The lowest BCUT2D eigenvalue weighted by Crippen LogP contribution is -2.33. The summed E-state index contributed by atoms with van der Waals surface area (Å²) in [5, 5.41) is 3.81. The number of rotatable bonds is 6. The summed E-state index contributed by atoms with van der Waals surface area (Å²) in [6.07, 6.45) is 5.83. The van der Waals surface area contributed by atoms with E-state index in [-0.39, 0.29) is 11.8 Å². The molecule has 8 heteroatoms. The summed E-state index contributed by atoms with van der Waals surface area (Å²) in [5.74, 6) is 0.963. The standard InChI is InChI=1S/C30H34N6O2/c1-20(37)33-28-10-9-24(18-32-28)26-11-14-31-29-27(26)17-25(35(29)4)19-36-15-12-22(13-16-36)21-5-7-23(8-6-21)30(38)34(2)3/h5-11,14,17-18,22H,12-13,15-16,19H2,1-4H3,(H,32,33,37). The Morgan fingerprint density at radius 2 is 1.76 bits per heavy atom. The Morgan fingerprint density at radius 1 is 1.03 bits per heavy atom. The van der Waals surface area contributed by atoms with Gasteiger partial charge in [-0.15, -0.1) is 0 Å². The summed E-state index contributed by atoms with van der Waals surface area (Å²) in [6, 6.07) is 16.2. The zero-order chi connectivity index (χ0) is 26.8. The van der Waals surface area contributed by atoms with Crippen molar-refractivity contribution in [2.45, 2.75) is 32.2 Å². The van der Waals surface area contributed by atoms with Crippen molar-refractivity contribution in [2.24, 2.45) is 7.05 Å². The van der Waals surface area contributed by atoms with Gasteiger partial charge in [0.15, 0.2) is 0 Å². The number of pyridine rings is 2. The molecule has 8 nitrogen and oxygen atoms in total. The molecule has 3 aromatic heterocycles. The number of nitrogens with zero attached hydrogens (tertiary/aromatic N) is 5. The van der Waals surface area contributed by atoms with Gasteiger partial charge in [-0.2, -0.15) is 0 Å². The van der Waals surface area contributed by atoms with Crippen LogP contribution in [0.4, 0.5) is 5.82 Å². The first kappa shape index (κ1) is 25.6. The molecule has 196 valence electrons. The lowest BCUT2D eigenvalue weighted by Gasteiger charge is -2.32. The van der Waals surface area contributed by atoms with E-state index >= 15 is 0 Å². The minimum absolute atomic E-state index is 0.0391. The molecule has 4 aromatic rings. The highest BCUT2D eigenvalue weighted by Crippen LogP contribution is 2.32. The lowest BCUT2D eigenvalue weighted by atomic mass is 9.89. The third kappa shape index (κ3) is 5.31. The van der Waals surface area contributed by atoms with E-state index < -0.39 is 0 Å². The maximum atomic E-state index is 12.2. The van der Waals surface area contributed by atoms with E-state index in [9.17, 15) is 9.59 Å². The smallest absolute Gasteiger partial charge is 0.253 e. The number of hydrogen-bond acceptors (Lipinski definition) is 5. The highest BCUT2D eigenvalue weighted by molar-refractivity contribution is 5.95. The zero-order valence-corrected chi connectivity index (χ0v) is 22.4. The van der Waals surface area contributed by atoms with Crippen LogP contribution in [0.1, 0.15) is 47.3 Å². The quantitative estimate of drug-likeness (QED) is 0.407. The molecule has 1 saturated heterocycles. The van der Waals surface area contributed by atoms with Crippen LogP contribution in [-0.2, 0) is 18.4 Å². The van der Waals surface area contributed by atoms with Crippen LogP contribution in [0.3, 0.4) is 0 Å². The van der Waals surface area contributed by atoms with Crippen LogP contribution in [0.5, 0.6) is 0 Å². The molecule has 0 atom stereocenters. The monoisotopic (exact) mass is 510 g/mol. The minimum atomic E-state index is -0.136. The molecule has 0 bridgehead atoms. The lowest BCUT2D eigenvalue weighted by molar-refractivity contribution is -0.114. The number of aryl methyl sites for hydroxylation is 1. The van der Waals surface area contributed by atoms with Crippen LogP contribution >= 0.6 is 0 Å². The largest absolute Gasteiger partial charge is 0.345 e. The van der Waals surface area contributed by atoms with Crippen LogP contribution in [-0.4, -0.2) is 63.3 Å². The number of nitrogens with one attached hydrogen (secondary N) is 1. The Morgan fingerprint density at radius 3 is 2.39 bits per heavy atom. The van der Waals surface area contributed by atoms with Crippen molar-refractivity contribution in [2.75, 3.05) is 32.5 Å². The molecular weight excluding hydrogens is 476 g/mol. The van der Waals surface area contributed by atoms with E-state index in [2.05, 4.69) is 50.0 Å². The van der Waals surface area contributed by atoms with Crippen LogP contribution in [0.25, 0.3) is 22.2 Å². The predicted octanol–water partition coefficient (Wildman–Crippen LogP) is 4.68. The zero-order valence-electron chi connectivity index (χ0n) is 22.4. The first-order valence-corrected chi connectivity index (χ1v) is 13.0. The van der Waals surface area contributed by atoms with Crippen molar-refractivity contribution < 1.29 is 9.59 Å². The molecule has 2 amide bonds. The number of fused-ring (bicyclic) bond motifs is 1. The molecule has 4 heterocycles. The van der Waals surface area contributed by atoms with Gasteiger partial charge in [0, 0.05) is 69.2 Å². The number of carbonyl (C=O) groups excluding carboxylic acids is 2. The van der Waals surface area contributed by atoms with Gasteiger partial charge in [0.05, 0.1) is 0 Å². The van der Waals surface area contributed by atoms with E-state index in [0.717, 1.165) is 60.2 Å². The summed E-state index contributed by atoms with van der Waals surface area (Å²) in [5.41, 5.74) is 6.30. The van der Waals surface area contributed by atoms with Gasteiger partial charge in [-0.25, -0.2) is 9.97 Å². The van der Waals surface area contributed by atoms with Crippen LogP contribution < -0.4 is 5.32 Å². The molecule has 0 radical (unpaired) electrons. The molecule has 1 fully saturated rings. The molecular formula is C30H34N6O2. The Kier molecular flexibility index (Phi) is 7.24. The number of piperidine rings is 1. The number of hydrogen-bond donors (Lipinski definition) is 1. The SMILES string of the molecule is CC(=O)Nc1ccc(-c2ccnc3c2cc(CN2CCC(c4ccc(C(=O)N(C)C)cc4)CC2)n3C)cn1. The van der Waals surface area contributed by atoms with Gasteiger partial charge in [-0.3, -0.25) is 14.5 Å². The van der Waals surface area contributed by atoms with Gasteiger partial charge in [-0.1, -0.05) is 12.1 Å². The summed E-state index contributed by atoms with van der Waals surface area (Å²) in [6.45, 7) is 4.40. The fourth-order valence-corrected chi connectivity index (χ4v) is 5.29. The maximum absolute atomic E-state index is 12.2. The van der Waals surface area contributed by atoms with Crippen LogP contribution in [0.2, 0.25) is 0 Å². The van der Waals surface area contributed by atoms with Crippen molar-refractivity contribution in [3.63, 3.8) is 0 Å². The topological polar surface area (TPSA) is 83.4 Å². The van der Waals surface area contributed by atoms with Gasteiger partial charge >= 0.3 is 0 Å². The Labute approximate surface area is 223 Å². The van der Waals surface area contributed by atoms with E-state index in [1.807, 2.05) is 36.5 Å². The highest BCUT2D eigenvalue weighted by Gasteiger charge is 2.22. The highest BCUT2D eigenvalue weighted by atomic mass is 16.2. The second kappa shape index (κ2) is 10.8. The third-order valence-electron chi connectivity index (χ3n) is 7.42. The summed E-state index contributed by atoms with van der Waals surface area (Å²) < 4.78 is 2.19. The number of amides is 2. The van der Waals surface area contributed by atoms with E-state index in [4.69, 9.17) is 0 Å². The molecule has 1 aliphatic heterocycles. The Bertz CT molecular complexity index is 1450. The van der Waals surface area contributed by atoms with Crippen LogP contribution in [0, 0.1) is 0 Å². The average molecular weight is 511 g/mol. The second-order valence-corrected chi connectivity index (χ2v) is 10.3. The molecule has 0 aliphatic carbocycles. The van der Waals surface area contributed by atoms with E-state index in [0.29, 0.717) is 11.7 Å². The summed E-state index contributed by atoms with van der Waals surface area (Å²) in [4.78, 5) is 36.7. The Balaban J connectivity index is 1.27. The van der Waals surface area contributed by atoms with Crippen molar-refractivity contribution in [1.29, 1.82) is 0 Å². The summed E-state index contributed by atoms with van der Waals surface area (Å²) >= 11 is 0. The van der Waals surface area contributed by atoms with Gasteiger partial charge in [-0.05, 0) is 79.4 Å². The fraction of sp³-hybridized carbons (Fsp3) is 0.333. The van der Waals surface area contributed by atoms with Gasteiger partial charge in [0.25, 0.3) is 5.91 Å². The van der Waals surface area contributed by atoms with Crippen molar-refractivity contribution in [3.8, 4) is 11.1 Å².